The average molecular weight is 349 g/mol. The van der Waals surface area contributed by atoms with Crippen molar-refractivity contribution in [2.75, 3.05) is 32.2 Å². The molecule has 2 heterocycles. The molecule has 24 heavy (non-hydrogen) atoms. The van der Waals surface area contributed by atoms with Gasteiger partial charge in [0, 0.05) is 37.8 Å². The van der Waals surface area contributed by atoms with E-state index in [1.165, 1.54) is 0 Å². The highest BCUT2D eigenvalue weighted by Crippen LogP contribution is 2.38. The molecule has 2 aromatic rings. The molecule has 1 saturated heterocycles. The van der Waals surface area contributed by atoms with E-state index in [0.29, 0.717) is 22.4 Å². The number of anilines is 1. The van der Waals surface area contributed by atoms with Crippen molar-refractivity contribution in [2.45, 2.75) is 18.9 Å². The normalized spacial score (nSPS) is 15.2. The van der Waals surface area contributed by atoms with Crippen molar-refractivity contribution in [1.82, 2.24) is 4.98 Å². The summed E-state index contributed by atoms with van der Waals surface area (Å²) in [6, 6.07) is 9.53. The van der Waals surface area contributed by atoms with E-state index in [4.69, 9.17) is 25.8 Å². The first kappa shape index (κ1) is 16.7. The van der Waals surface area contributed by atoms with Crippen molar-refractivity contribution < 1.29 is 14.2 Å². The molecule has 0 spiro atoms. The lowest BCUT2D eigenvalue weighted by Gasteiger charge is -2.34. The summed E-state index contributed by atoms with van der Waals surface area (Å²) in [5.41, 5.74) is 1.10. The molecular weight excluding hydrogens is 328 g/mol. The van der Waals surface area contributed by atoms with E-state index in [2.05, 4.69) is 9.88 Å². The van der Waals surface area contributed by atoms with E-state index in [-0.39, 0.29) is 6.10 Å². The second kappa shape index (κ2) is 7.62. The van der Waals surface area contributed by atoms with E-state index in [0.717, 1.165) is 31.6 Å². The summed E-state index contributed by atoms with van der Waals surface area (Å²) in [6.07, 6.45) is 3.70. The van der Waals surface area contributed by atoms with E-state index in [1.807, 2.05) is 30.3 Å². The molecule has 3 rings (SSSR count). The first-order valence-electron chi connectivity index (χ1n) is 7.95. The van der Waals surface area contributed by atoms with Gasteiger partial charge < -0.3 is 19.1 Å². The molecule has 1 aliphatic rings. The Morgan fingerprint density at radius 1 is 1.08 bits per heavy atom. The molecule has 1 fully saturated rings. The van der Waals surface area contributed by atoms with Crippen molar-refractivity contribution in [2.24, 2.45) is 0 Å². The minimum absolute atomic E-state index is 0.128. The van der Waals surface area contributed by atoms with Crippen LogP contribution in [0.2, 0.25) is 5.15 Å². The van der Waals surface area contributed by atoms with Gasteiger partial charge in [0.25, 0.3) is 0 Å². The standard InChI is InChI=1S/C18H21ClN2O3/c1-22-15-4-3-5-16(23-2)18(15)24-14-7-10-21(11-8-14)13-6-9-20-17(19)12-13/h3-6,9,12,14H,7-8,10-11H2,1-2H3. The zero-order valence-electron chi connectivity index (χ0n) is 13.9. The Morgan fingerprint density at radius 2 is 1.75 bits per heavy atom. The molecule has 0 aliphatic carbocycles. The molecule has 0 unspecified atom stereocenters. The zero-order valence-corrected chi connectivity index (χ0v) is 14.6. The smallest absolute Gasteiger partial charge is 0.203 e. The molecule has 1 aromatic heterocycles. The highest BCUT2D eigenvalue weighted by Gasteiger charge is 2.23. The number of methoxy groups -OCH3 is 2. The van der Waals surface area contributed by atoms with Crippen LogP contribution in [-0.2, 0) is 0 Å². The van der Waals surface area contributed by atoms with Crippen LogP contribution < -0.4 is 19.1 Å². The lowest BCUT2D eigenvalue weighted by molar-refractivity contribution is 0.158. The highest BCUT2D eigenvalue weighted by molar-refractivity contribution is 6.29. The van der Waals surface area contributed by atoms with Crippen LogP contribution in [0.15, 0.2) is 36.5 Å². The first-order valence-corrected chi connectivity index (χ1v) is 8.33. The Morgan fingerprint density at radius 3 is 2.33 bits per heavy atom. The lowest BCUT2D eigenvalue weighted by Crippen LogP contribution is -2.38. The van der Waals surface area contributed by atoms with Gasteiger partial charge in [0.2, 0.25) is 5.75 Å². The van der Waals surface area contributed by atoms with Crippen LogP contribution in [0.5, 0.6) is 17.2 Å². The molecule has 6 heteroatoms. The summed E-state index contributed by atoms with van der Waals surface area (Å²) in [6.45, 7) is 1.81. The minimum Gasteiger partial charge on any atom is -0.493 e. The summed E-state index contributed by atoms with van der Waals surface area (Å²) in [7, 11) is 3.27. The number of aromatic nitrogens is 1. The fourth-order valence-corrected chi connectivity index (χ4v) is 3.09. The molecule has 0 saturated carbocycles. The van der Waals surface area contributed by atoms with Gasteiger partial charge in [-0.15, -0.1) is 0 Å². The fraction of sp³-hybridized carbons (Fsp3) is 0.389. The van der Waals surface area contributed by atoms with Gasteiger partial charge in [-0.25, -0.2) is 4.98 Å². The van der Waals surface area contributed by atoms with Crippen LogP contribution in [0.4, 0.5) is 5.69 Å². The largest absolute Gasteiger partial charge is 0.493 e. The number of piperidine rings is 1. The average Bonchev–Trinajstić information content (AvgIpc) is 2.62. The Hall–Kier alpha value is -2.14. The van der Waals surface area contributed by atoms with Crippen LogP contribution in [0.25, 0.3) is 0 Å². The Balaban J connectivity index is 1.66. The number of pyridine rings is 1. The third-order valence-corrected chi connectivity index (χ3v) is 4.39. The summed E-state index contributed by atoms with van der Waals surface area (Å²) >= 11 is 5.98. The quantitative estimate of drug-likeness (QED) is 0.769. The number of ether oxygens (including phenoxy) is 3. The van der Waals surface area contributed by atoms with E-state index in [9.17, 15) is 0 Å². The second-order valence-corrected chi connectivity index (χ2v) is 6.02. The third-order valence-electron chi connectivity index (χ3n) is 4.18. The molecule has 0 bridgehead atoms. The topological polar surface area (TPSA) is 43.8 Å². The van der Waals surface area contributed by atoms with Crippen LogP contribution in [0, 0.1) is 0 Å². The summed E-state index contributed by atoms with van der Waals surface area (Å²) in [5, 5.41) is 0.518. The van der Waals surface area contributed by atoms with Gasteiger partial charge in [-0.05, 0) is 24.3 Å². The third kappa shape index (κ3) is 3.67. The Bertz CT molecular complexity index is 665. The lowest BCUT2D eigenvalue weighted by atomic mass is 10.1. The van der Waals surface area contributed by atoms with Gasteiger partial charge in [0.05, 0.1) is 14.2 Å². The maximum absolute atomic E-state index is 6.19. The zero-order chi connectivity index (χ0) is 16.9. The number of para-hydroxylation sites is 1. The van der Waals surface area contributed by atoms with Crippen LogP contribution in [-0.4, -0.2) is 38.4 Å². The SMILES string of the molecule is COc1cccc(OC)c1OC1CCN(c2ccnc(Cl)c2)CC1. The number of benzene rings is 1. The molecule has 0 atom stereocenters. The van der Waals surface area contributed by atoms with Crippen molar-refractivity contribution in [3.63, 3.8) is 0 Å². The molecule has 1 aromatic carbocycles. The molecule has 0 N–H and O–H groups in total. The van der Waals surface area contributed by atoms with Gasteiger partial charge in [0.1, 0.15) is 11.3 Å². The minimum atomic E-state index is 0.128. The number of hydrogen-bond donors (Lipinski definition) is 0. The summed E-state index contributed by atoms with van der Waals surface area (Å²) in [4.78, 5) is 6.33. The molecule has 0 amide bonds. The van der Waals surface area contributed by atoms with Crippen LogP contribution in [0.3, 0.4) is 0 Å². The summed E-state index contributed by atoms with van der Waals surface area (Å²) in [5.74, 6) is 2.06. The maximum atomic E-state index is 6.19. The number of rotatable bonds is 5. The Labute approximate surface area is 147 Å². The molecule has 128 valence electrons. The van der Waals surface area contributed by atoms with Crippen molar-refractivity contribution in [3.8, 4) is 17.2 Å². The van der Waals surface area contributed by atoms with Gasteiger partial charge >= 0.3 is 0 Å². The fourth-order valence-electron chi connectivity index (χ4n) is 2.92. The van der Waals surface area contributed by atoms with Gasteiger partial charge in [-0.1, -0.05) is 17.7 Å². The van der Waals surface area contributed by atoms with E-state index >= 15 is 0 Å². The van der Waals surface area contributed by atoms with Crippen LogP contribution >= 0.6 is 11.6 Å². The highest BCUT2D eigenvalue weighted by atomic mass is 35.5. The molecule has 1 aliphatic heterocycles. The number of nitrogens with zero attached hydrogens (tertiary/aromatic N) is 2. The van der Waals surface area contributed by atoms with Crippen molar-refractivity contribution in [1.29, 1.82) is 0 Å². The predicted octanol–water partition coefficient (Wildman–Crippen LogP) is 3.80. The molecule has 5 nitrogen and oxygen atoms in total. The van der Waals surface area contributed by atoms with Crippen molar-refractivity contribution in [3.05, 3.63) is 41.7 Å². The maximum Gasteiger partial charge on any atom is 0.203 e. The van der Waals surface area contributed by atoms with Gasteiger partial charge in [-0.2, -0.15) is 0 Å². The second-order valence-electron chi connectivity index (χ2n) is 5.63. The molecule has 0 radical (unpaired) electrons. The van der Waals surface area contributed by atoms with Crippen molar-refractivity contribution >= 4 is 17.3 Å². The predicted molar refractivity (Wildman–Crippen MR) is 94.7 cm³/mol. The number of hydrogen-bond acceptors (Lipinski definition) is 5. The Kier molecular flexibility index (Phi) is 5.30. The number of halogens is 1. The van der Waals surface area contributed by atoms with E-state index in [1.54, 1.807) is 20.4 Å². The van der Waals surface area contributed by atoms with Crippen LogP contribution in [0.1, 0.15) is 12.8 Å². The monoisotopic (exact) mass is 348 g/mol. The first-order chi connectivity index (χ1) is 11.7. The van der Waals surface area contributed by atoms with Gasteiger partial charge in [0.15, 0.2) is 11.5 Å². The summed E-state index contributed by atoms with van der Waals surface area (Å²) < 4.78 is 17.0. The van der Waals surface area contributed by atoms with E-state index < -0.39 is 0 Å². The molecular formula is C18H21ClN2O3. The van der Waals surface area contributed by atoms with Gasteiger partial charge in [-0.3, -0.25) is 0 Å².